The SMILES string of the molecule is CN(C)c1ncc(-c2ccccn2)c(-c2ccc(CNC(=O)[C@@H]3CC=CCC3)cc2)n1. The molecule has 1 aliphatic carbocycles. The lowest BCUT2D eigenvalue weighted by Crippen LogP contribution is -2.30. The van der Waals surface area contributed by atoms with Gasteiger partial charge in [-0.3, -0.25) is 9.78 Å². The summed E-state index contributed by atoms with van der Waals surface area (Å²) in [4.78, 5) is 28.0. The van der Waals surface area contributed by atoms with Crippen LogP contribution in [0.4, 0.5) is 5.95 Å². The molecule has 4 rings (SSSR count). The summed E-state index contributed by atoms with van der Waals surface area (Å²) < 4.78 is 0. The Labute approximate surface area is 183 Å². The minimum absolute atomic E-state index is 0.0932. The molecule has 0 fully saturated rings. The van der Waals surface area contributed by atoms with Crippen molar-refractivity contribution in [1.29, 1.82) is 0 Å². The first kappa shape index (κ1) is 20.7. The summed E-state index contributed by atoms with van der Waals surface area (Å²) in [6.45, 7) is 0.527. The van der Waals surface area contributed by atoms with Crippen molar-refractivity contribution in [1.82, 2.24) is 20.3 Å². The van der Waals surface area contributed by atoms with Gasteiger partial charge in [-0.15, -0.1) is 0 Å². The van der Waals surface area contributed by atoms with Crippen molar-refractivity contribution in [2.45, 2.75) is 25.8 Å². The van der Waals surface area contributed by atoms with Crippen molar-refractivity contribution >= 4 is 11.9 Å². The van der Waals surface area contributed by atoms with Gasteiger partial charge in [-0.1, -0.05) is 42.5 Å². The van der Waals surface area contributed by atoms with Gasteiger partial charge in [0.2, 0.25) is 11.9 Å². The predicted octanol–water partition coefficient (Wildman–Crippen LogP) is 4.24. The van der Waals surface area contributed by atoms with E-state index in [0.29, 0.717) is 12.5 Å². The third-order valence-corrected chi connectivity index (χ3v) is 5.45. The van der Waals surface area contributed by atoms with Gasteiger partial charge in [0, 0.05) is 50.1 Å². The highest BCUT2D eigenvalue weighted by atomic mass is 16.1. The van der Waals surface area contributed by atoms with Crippen molar-refractivity contribution in [3.05, 3.63) is 72.6 Å². The number of pyridine rings is 1. The third-order valence-electron chi connectivity index (χ3n) is 5.45. The third kappa shape index (κ3) is 4.97. The molecule has 0 saturated carbocycles. The molecule has 1 N–H and O–H groups in total. The molecule has 0 bridgehead atoms. The first-order chi connectivity index (χ1) is 15.1. The van der Waals surface area contributed by atoms with Gasteiger partial charge >= 0.3 is 0 Å². The van der Waals surface area contributed by atoms with Crippen LogP contribution in [0, 0.1) is 5.92 Å². The maximum Gasteiger partial charge on any atom is 0.225 e. The number of hydrogen-bond acceptors (Lipinski definition) is 5. The van der Waals surface area contributed by atoms with E-state index in [4.69, 9.17) is 4.98 Å². The zero-order valence-electron chi connectivity index (χ0n) is 18.0. The first-order valence-electron chi connectivity index (χ1n) is 10.6. The monoisotopic (exact) mass is 413 g/mol. The second-order valence-corrected chi connectivity index (χ2v) is 7.94. The van der Waals surface area contributed by atoms with Crippen molar-refractivity contribution in [2.24, 2.45) is 5.92 Å². The molecule has 1 aliphatic rings. The van der Waals surface area contributed by atoms with Crippen LogP contribution < -0.4 is 10.2 Å². The average Bonchev–Trinajstić information content (AvgIpc) is 2.83. The van der Waals surface area contributed by atoms with Gasteiger partial charge in [-0.2, -0.15) is 0 Å². The summed E-state index contributed by atoms with van der Waals surface area (Å²) >= 11 is 0. The van der Waals surface area contributed by atoms with Crippen LogP contribution in [0.2, 0.25) is 0 Å². The van der Waals surface area contributed by atoms with Crippen LogP contribution in [0.1, 0.15) is 24.8 Å². The van der Waals surface area contributed by atoms with Gasteiger partial charge in [0.25, 0.3) is 0 Å². The summed E-state index contributed by atoms with van der Waals surface area (Å²) in [5.41, 5.74) is 4.60. The van der Waals surface area contributed by atoms with E-state index in [2.05, 4.69) is 27.4 Å². The second-order valence-electron chi connectivity index (χ2n) is 7.94. The van der Waals surface area contributed by atoms with Crippen LogP contribution >= 0.6 is 0 Å². The number of carbonyl (C=O) groups excluding carboxylic acids is 1. The van der Waals surface area contributed by atoms with E-state index < -0.39 is 0 Å². The van der Waals surface area contributed by atoms with Crippen molar-refractivity contribution < 1.29 is 4.79 Å². The fourth-order valence-electron chi connectivity index (χ4n) is 3.66. The lowest BCUT2D eigenvalue weighted by molar-refractivity contribution is -0.125. The summed E-state index contributed by atoms with van der Waals surface area (Å²) in [5, 5.41) is 3.07. The number of hydrogen-bond donors (Lipinski definition) is 1. The van der Waals surface area contributed by atoms with Crippen LogP contribution in [0.3, 0.4) is 0 Å². The lowest BCUT2D eigenvalue weighted by Gasteiger charge is -2.17. The second kappa shape index (κ2) is 9.51. The molecule has 0 unspecified atom stereocenters. The number of carbonyl (C=O) groups is 1. The average molecular weight is 414 g/mol. The molecule has 1 amide bonds. The number of allylic oxidation sites excluding steroid dienone is 2. The van der Waals surface area contributed by atoms with E-state index in [-0.39, 0.29) is 11.8 Å². The Kier molecular flexibility index (Phi) is 6.36. The number of nitrogens with one attached hydrogen (secondary N) is 1. The highest BCUT2D eigenvalue weighted by Gasteiger charge is 2.18. The molecule has 1 aromatic carbocycles. The Bertz CT molecular complexity index is 1060. The Balaban J connectivity index is 1.54. The van der Waals surface area contributed by atoms with E-state index in [0.717, 1.165) is 47.3 Å². The molecule has 0 spiro atoms. The molecule has 2 aromatic heterocycles. The Morgan fingerprint density at radius 1 is 1.10 bits per heavy atom. The first-order valence-corrected chi connectivity index (χ1v) is 10.6. The van der Waals surface area contributed by atoms with Crippen molar-refractivity contribution in [3.63, 3.8) is 0 Å². The molecule has 1 atom stereocenters. The van der Waals surface area contributed by atoms with Gasteiger partial charge < -0.3 is 10.2 Å². The molecular weight excluding hydrogens is 386 g/mol. The minimum Gasteiger partial charge on any atom is -0.352 e. The maximum absolute atomic E-state index is 12.4. The van der Waals surface area contributed by atoms with Gasteiger partial charge in [-0.05, 0) is 37.0 Å². The van der Waals surface area contributed by atoms with Crippen LogP contribution in [0.25, 0.3) is 22.5 Å². The van der Waals surface area contributed by atoms with E-state index >= 15 is 0 Å². The maximum atomic E-state index is 12.4. The van der Waals surface area contributed by atoms with E-state index in [1.807, 2.05) is 67.7 Å². The normalized spacial score (nSPS) is 15.5. The predicted molar refractivity (Wildman–Crippen MR) is 123 cm³/mol. The summed E-state index contributed by atoms with van der Waals surface area (Å²) in [6.07, 6.45) is 10.6. The smallest absolute Gasteiger partial charge is 0.225 e. The van der Waals surface area contributed by atoms with Gasteiger partial charge in [0.1, 0.15) is 0 Å². The Morgan fingerprint density at radius 2 is 1.94 bits per heavy atom. The van der Waals surface area contributed by atoms with E-state index in [1.54, 1.807) is 6.20 Å². The fourth-order valence-corrected chi connectivity index (χ4v) is 3.66. The zero-order chi connectivity index (χ0) is 21.6. The molecule has 6 nitrogen and oxygen atoms in total. The molecule has 3 aromatic rings. The molecule has 158 valence electrons. The zero-order valence-corrected chi connectivity index (χ0v) is 18.0. The highest BCUT2D eigenvalue weighted by molar-refractivity contribution is 5.80. The Hall–Kier alpha value is -3.54. The van der Waals surface area contributed by atoms with Gasteiger partial charge in [0.15, 0.2) is 0 Å². The molecule has 31 heavy (non-hydrogen) atoms. The number of amides is 1. The Morgan fingerprint density at radius 3 is 2.61 bits per heavy atom. The molecule has 2 heterocycles. The molecule has 6 heteroatoms. The summed E-state index contributed by atoms with van der Waals surface area (Å²) in [7, 11) is 3.85. The molecule has 0 aliphatic heterocycles. The summed E-state index contributed by atoms with van der Waals surface area (Å²) in [6, 6.07) is 14.0. The number of rotatable bonds is 6. The minimum atomic E-state index is 0.0932. The standard InChI is InChI=1S/C25H27N5O/c1-30(2)25-28-17-21(22-10-6-7-15-26-22)23(29-25)19-13-11-18(12-14-19)16-27-24(31)20-8-4-3-5-9-20/h3-4,6-7,10-15,17,20H,5,8-9,16H2,1-2H3,(H,27,31)/t20-/m1/s1. The topological polar surface area (TPSA) is 71.0 Å². The highest BCUT2D eigenvalue weighted by Crippen LogP contribution is 2.30. The van der Waals surface area contributed by atoms with E-state index in [1.165, 1.54) is 0 Å². The number of nitrogens with zero attached hydrogens (tertiary/aromatic N) is 4. The quantitative estimate of drug-likeness (QED) is 0.612. The van der Waals surface area contributed by atoms with Crippen LogP contribution in [-0.4, -0.2) is 35.0 Å². The number of anilines is 1. The van der Waals surface area contributed by atoms with Gasteiger partial charge in [0.05, 0.1) is 11.4 Å². The molecule has 0 saturated heterocycles. The van der Waals surface area contributed by atoms with Crippen LogP contribution in [0.5, 0.6) is 0 Å². The molecular formula is C25H27N5O. The largest absolute Gasteiger partial charge is 0.352 e. The van der Waals surface area contributed by atoms with Gasteiger partial charge in [-0.25, -0.2) is 9.97 Å². The lowest BCUT2D eigenvalue weighted by atomic mass is 9.93. The summed E-state index contributed by atoms with van der Waals surface area (Å²) in [5.74, 6) is 0.875. The van der Waals surface area contributed by atoms with Crippen molar-refractivity contribution in [3.8, 4) is 22.5 Å². The fraction of sp³-hybridized carbons (Fsp3) is 0.280. The van der Waals surface area contributed by atoms with Crippen molar-refractivity contribution in [2.75, 3.05) is 19.0 Å². The van der Waals surface area contributed by atoms with Crippen LogP contribution in [0.15, 0.2) is 67.0 Å². The number of benzene rings is 1. The molecule has 0 radical (unpaired) electrons. The number of aromatic nitrogens is 3. The van der Waals surface area contributed by atoms with Crippen LogP contribution in [-0.2, 0) is 11.3 Å². The van der Waals surface area contributed by atoms with E-state index in [9.17, 15) is 4.79 Å².